The van der Waals surface area contributed by atoms with E-state index in [0.717, 1.165) is 28.3 Å². The van der Waals surface area contributed by atoms with E-state index in [2.05, 4.69) is 10.3 Å². The minimum atomic E-state index is -0.162. The maximum absolute atomic E-state index is 12.0. The average Bonchev–Trinajstić information content (AvgIpc) is 3.14. The second kappa shape index (κ2) is 7.29. The summed E-state index contributed by atoms with van der Waals surface area (Å²) in [6.45, 7) is 2.23. The number of thiazole rings is 2. The molecule has 0 saturated carbocycles. The molecule has 2 heterocycles. The predicted octanol–water partition coefficient (Wildman–Crippen LogP) is 4.02. The summed E-state index contributed by atoms with van der Waals surface area (Å²) in [5.41, 5.74) is 2.60. The van der Waals surface area contributed by atoms with Crippen molar-refractivity contribution in [1.29, 1.82) is 0 Å². The van der Waals surface area contributed by atoms with Gasteiger partial charge in [0, 0.05) is 40.0 Å². The van der Waals surface area contributed by atoms with E-state index in [1.807, 2.05) is 24.4 Å². The van der Waals surface area contributed by atoms with Gasteiger partial charge in [-0.05, 0) is 19.1 Å². The topological polar surface area (TPSA) is 64.0 Å². The van der Waals surface area contributed by atoms with Crippen LogP contribution in [-0.2, 0) is 11.3 Å². The number of carbonyl (C=O) groups excluding carboxylic acids is 1. The Hall–Kier alpha value is -1.96. The molecule has 0 aliphatic carbocycles. The van der Waals surface area contributed by atoms with Crippen LogP contribution in [0.1, 0.15) is 12.1 Å². The van der Waals surface area contributed by atoms with E-state index in [1.54, 1.807) is 22.1 Å². The van der Waals surface area contributed by atoms with E-state index in [-0.39, 0.29) is 17.2 Å². The minimum Gasteiger partial charge on any atom is -0.303 e. The Balaban J connectivity index is 1.61. The summed E-state index contributed by atoms with van der Waals surface area (Å²) in [7, 11) is 0. The average molecular weight is 380 g/mol. The fourth-order valence-corrected chi connectivity index (χ4v) is 3.78. The lowest BCUT2D eigenvalue weighted by atomic mass is 10.2. The number of halogens is 1. The number of amides is 1. The van der Waals surface area contributed by atoms with Crippen LogP contribution in [0, 0.1) is 6.92 Å². The standard InChI is InChI=1S/C16H14ClN3O2S2/c1-10-8-24-16(22)20(10)7-6-14(21)19-15-18-13(9-23-15)11-2-4-12(17)5-3-11/h2-5,8-9H,6-7H2,1H3,(H,18,19,21). The highest BCUT2D eigenvalue weighted by molar-refractivity contribution is 7.14. The highest BCUT2D eigenvalue weighted by atomic mass is 35.5. The zero-order chi connectivity index (χ0) is 17.1. The Morgan fingerprint density at radius 2 is 2.00 bits per heavy atom. The van der Waals surface area contributed by atoms with Gasteiger partial charge in [0.2, 0.25) is 5.91 Å². The Kier molecular flexibility index (Phi) is 5.13. The summed E-state index contributed by atoms with van der Waals surface area (Å²) in [5, 5.41) is 7.66. The van der Waals surface area contributed by atoms with E-state index in [4.69, 9.17) is 11.6 Å². The molecule has 0 aliphatic heterocycles. The van der Waals surface area contributed by atoms with Gasteiger partial charge in [-0.2, -0.15) is 0 Å². The Labute approximate surface area is 151 Å². The fourth-order valence-electron chi connectivity index (χ4n) is 2.15. The molecule has 3 aromatic rings. The second-order valence-electron chi connectivity index (χ2n) is 5.14. The number of anilines is 1. The number of rotatable bonds is 5. The molecular weight excluding hydrogens is 366 g/mol. The second-order valence-corrected chi connectivity index (χ2v) is 7.25. The number of aryl methyl sites for hydroxylation is 1. The maximum atomic E-state index is 12.0. The van der Waals surface area contributed by atoms with Gasteiger partial charge in [-0.15, -0.1) is 11.3 Å². The Bertz CT molecular complexity index is 912. The van der Waals surface area contributed by atoms with Crippen LogP contribution in [0.4, 0.5) is 5.13 Å². The van der Waals surface area contributed by atoms with Gasteiger partial charge in [-0.25, -0.2) is 4.98 Å². The molecular formula is C16H14ClN3O2S2. The normalized spacial score (nSPS) is 10.8. The number of hydrogen-bond donors (Lipinski definition) is 1. The van der Waals surface area contributed by atoms with Crippen molar-refractivity contribution >= 4 is 45.3 Å². The monoisotopic (exact) mass is 379 g/mol. The minimum absolute atomic E-state index is 0.0421. The first-order chi connectivity index (χ1) is 11.5. The molecule has 0 saturated heterocycles. The van der Waals surface area contributed by atoms with Crippen LogP contribution in [0.5, 0.6) is 0 Å². The van der Waals surface area contributed by atoms with Crippen LogP contribution < -0.4 is 10.2 Å². The van der Waals surface area contributed by atoms with E-state index in [0.29, 0.717) is 16.7 Å². The van der Waals surface area contributed by atoms with Gasteiger partial charge in [0.15, 0.2) is 5.13 Å². The van der Waals surface area contributed by atoms with Crippen molar-refractivity contribution in [3.8, 4) is 11.3 Å². The number of nitrogens with one attached hydrogen (secondary N) is 1. The molecule has 0 spiro atoms. The third-order valence-electron chi connectivity index (χ3n) is 3.43. The third-order valence-corrected chi connectivity index (χ3v) is 5.32. The van der Waals surface area contributed by atoms with Crippen molar-refractivity contribution in [3.63, 3.8) is 0 Å². The molecule has 8 heteroatoms. The van der Waals surface area contributed by atoms with Gasteiger partial charge in [-0.3, -0.25) is 9.59 Å². The molecule has 1 aromatic carbocycles. The summed E-state index contributed by atoms with van der Waals surface area (Å²) in [6, 6.07) is 7.37. The first kappa shape index (κ1) is 16.9. The van der Waals surface area contributed by atoms with Gasteiger partial charge in [-0.1, -0.05) is 35.1 Å². The van der Waals surface area contributed by atoms with E-state index in [1.165, 1.54) is 11.3 Å². The molecule has 0 aliphatic rings. The van der Waals surface area contributed by atoms with E-state index in [9.17, 15) is 9.59 Å². The number of aromatic nitrogens is 2. The summed E-state index contributed by atoms with van der Waals surface area (Å²) in [4.78, 5) is 28.0. The van der Waals surface area contributed by atoms with Crippen molar-refractivity contribution < 1.29 is 4.79 Å². The molecule has 5 nitrogen and oxygen atoms in total. The summed E-state index contributed by atoms with van der Waals surface area (Å²) >= 11 is 8.38. The largest absolute Gasteiger partial charge is 0.307 e. The number of benzene rings is 1. The van der Waals surface area contributed by atoms with E-state index < -0.39 is 0 Å². The van der Waals surface area contributed by atoms with Crippen LogP contribution in [0.25, 0.3) is 11.3 Å². The zero-order valence-electron chi connectivity index (χ0n) is 12.8. The smallest absolute Gasteiger partial charge is 0.303 e. The van der Waals surface area contributed by atoms with Crippen molar-refractivity contribution in [2.24, 2.45) is 0 Å². The first-order valence-electron chi connectivity index (χ1n) is 7.19. The molecule has 0 radical (unpaired) electrons. The molecule has 3 rings (SSSR count). The molecule has 124 valence electrons. The highest BCUT2D eigenvalue weighted by Gasteiger charge is 2.10. The van der Waals surface area contributed by atoms with Gasteiger partial charge in [0.1, 0.15) is 0 Å². The van der Waals surface area contributed by atoms with Crippen LogP contribution in [-0.4, -0.2) is 15.5 Å². The Morgan fingerprint density at radius 1 is 1.25 bits per heavy atom. The molecule has 2 aromatic heterocycles. The molecule has 1 N–H and O–H groups in total. The van der Waals surface area contributed by atoms with Gasteiger partial charge in [0.05, 0.1) is 5.69 Å². The van der Waals surface area contributed by atoms with Crippen molar-refractivity contribution in [2.45, 2.75) is 19.9 Å². The number of hydrogen-bond acceptors (Lipinski definition) is 5. The molecule has 0 fully saturated rings. The van der Waals surface area contributed by atoms with Crippen molar-refractivity contribution in [2.75, 3.05) is 5.32 Å². The molecule has 24 heavy (non-hydrogen) atoms. The lowest BCUT2D eigenvalue weighted by Crippen LogP contribution is -2.20. The van der Waals surface area contributed by atoms with Crippen molar-refractivity contribution in [3.05, 3.63) is 55.4 Å². The third kappa shape index (κ3) is 3.92. The SMILES string of the molecule is Cc1csc(=O)n1CCC(=O)Nc1nc(-c2ccc(Cl)cc2)cs1. The Morgan fingerprint density at radius 3 is 2.67 bits per heavy atom. The summed E-state index contributed by atoms with van der Waals surface area (Å²) in [5.74, 6) is -0.162. The lowest BCUT2D eigenvalue weighted by molar-refractivity contribution is -0.116. The van der Waals surface area contributed by atoms with Gasteiger partial charge >= 0.3 is 4.87 Å². The number of carbonyl (C=O) groups is 1. The van der Waals surface area contributed by atoms with Crippen LogP contribution >= 0.6 is 34.3 Å². The lowest BCUT2D eigenvalue weighted by Gasteiger charge is -2.04. The maximum Gasteiger partial charge on any atom is 0.307 e. The van der Waals surface area contributed by atoms with E-state index >= 15 is 0 Å². The zero-order valence-corrected chi connectivity index (χ0v) is 15.2. The van der Waals surface area contributed by atoms with Gasteiger partial charge < -0.3 is 9.88 Å². The molecule has 0 unspecified atom stereocenters. The first-order valence-corrected chi connectivity index (χ1v) is 9.33. The van der Waals surface area contributed by atoms with Crippen LogP contribution in [0.15, 0.2) is 39.8 Å². The molecule has 0 bridgehead atoms. The quantitative estimate of drug-likeness (QED) is 0.728. The molecule has 1 amide bonds. The van der Waals surface area contributed by atoms with Crippen LogP contribution in [0.3, 0.4) is 0 Å². The molecule has 0 atom stereocenters. The fraction of sp³-hybridized carbons (Fsp3) is 0.188. The summed E-state index contributed by atoms with van der Waals surface area (Å²) in [6.07, 6.45) is 0.230. The summed E-state index contributed by atoms with van der Waals surface area (Å²) < 4.78 is 1.60. The van der Waals surface area contributed by atoms with Gasteiger partial charge in [0.25, 0.3) is 0 Å². The van der Waals surface area contributed by atoms with Crippen LogP contribution in [0.2, 0.25) is 5.02 Å². The highest BCUT2D eigenvalue weighted by Crippen LogP contribution is 2.26. The predicted molar refractivity (Wildman–Crippen MR) is 99.1 cm³/mol. The number of nitrogens with zero attached hydrogens (tertiary/aromatic N) is 2. The van der Waals surface area contributed by atoms with Crippen molar-refractivity contribution in [1.82, 2.24) is 9.55 Å².